The van der Waals surface area contributed by atoms with E-state index in [1.54, 1.807) is 0 Å². The second kappa shape index (κ2) is 4.39. The largest absolute Gasteiger partial charge is 0.454 e. The maximum atomic E-state index is 6.01. The molecule has 1 heterocycles. The van der Waals surface area contributed by atoms with Gasteiger partial charge in [-0.05, 0) is 37.1 Å². The first-order valence-electron chi connectivity index (χ1n) is 6.17. The van der Waals surface area contributed by atoms with Crippen LogP contribution in [0.1, 0.15) is 11.1 Å². The first-order valence-corrected chi connectivity index (χ1v) is 6.17. The Bertz CT molecular complexity index is 618. The predicted molar refractivity (Wildman–Crippen MR) is 76.2 cm³/mol. The number of hydrogen-bond acceptors (Lipinski definition) is 4. The van der Waals surface area contributed by atoms with Gasteiger partial charge in [0.15, 0.2) is 11.5 Å². The van der Waals surface area contributed by atoms with Crippen molar-refractivity contribution < 1.29 is 9.47 Å². The maximum Gasteiger partial charge on any atom is 0.231 e. The molecule has 19 heavy (non-hydrogen) atoms. The fourth-order valence-electron chi connectivity index (χ4n) is 2.17. The van der Waals surface area contributed by atoms with E-state index >= 15 is 0 Å². The number of fused-ring (bicyclic) bond motifs is 1. The number of anilines is 3. The van der Waals surface area contributed by atoms with Crippen LogP contribution in [0.15, 0.2) is 30.3 Å². The number of ether oxygens (including phenoxy) is 2. The van der Waals surface area contributed by atoms with Crippen LogP contribution in [0.5, 0.6) is 11.5 Å². The summed E-state index contributed by atoms with van der Waals surface area (Å²) in [6, 6.07) is 9.78. The van der Waals surface area contributed by atoms with Crippen molar-refractivity contribution in [3.8, 4) is 11.5 Å². The molecule has 0 saturated heterocycles. The van der Waals surface area contributed by atoms with E-state index in [0.717, 1.165) is 39.7 Å². The minimum Gasteiger partial charge on any atom is -0.454 e. The Balaban J connectivity index is 2.00. The molecule has 0 amide bonds. The van der Waals surface area contributed by atoms with Crippen molar-refractivity contribution in [2.24, 2.45) is 0 Å². The molecule has 0 saturated carbocycles. The first kappa shape index (κ1) is 11.7. The fraction of sp³-hybridized carbons (Fsp3) is 0.200. The van der Waals surface area contributed by atoms with Gasteiger partial charge >= 0.3 is 0 Å². The third kappa shape index (κ3) is 2.05. The standard InChI is InChI=1S/C15H16N2O2/c1-9-4-3-5-11(16)15(9)17-12-7-14-13(6-10(12)2)18-8-19-14/h3-7,17H,8,16H2,1-2H3. The van der Waals surface area contributed by atoms with Crippen molar-refractivity contribution in [3.05, 3.63) is 41.5 Å². The number of nitrogen functional groups attached to an aromatic ring is 1. The molecule has 1 aliphatic rings. The Morgan fingerprint density at radius 2 is 1.79 bits per heavy atom. The molecule has 4 nitrogen and oxygen atoms in total. The van der Waals surface area contributed by atoms with Crippen LogP contribution in [0.3, 0.4) is 0 Å². The van der Waals surface area contributed by atoms with E-state index < -0.39 is 0 Å². The lowest BCUT2D eigenvalue weighted by atomic mass is 10.1. The van der Waals surface area contributed by atoms with Crippen LogP contribution in [0.4, 0.5) is 17.1 Å². The Labute approximate surface area is 112 Å². The van der Waals surface area contributed by atoms with Crippen LogP contribution in [0.25, 0.3) is 0 Å². The average Bonchev–Trinajstić information content (AvgIpc) is 2.81. The first-order chi connectivity index (χ1) is 9.15. The predicted octanol–water partition coefficient (Wildman–Crippen LogP) is 3.36. The number of aryl methyl sites for hydroxylation is 2. The number of benzene rings is 2. The van der Waals surface area contributed by atoms with Crippen LogP contribution in [-0.4, -0.2) is 6.79 Å². The van der Waals surface area contributed by atoms with Crippen molar-refractivity contribution >= 4 is 17.1 Å². The average molecular weight is 256 g/mol. The zero-order chi connectivity index (χ0) is 13.4. The van der Waals surface area contributed by atoms with Gasteiger partial charge < -0.3 is 20.5 Å². The number of nitrogens with one attached hydrogen (secondary N) is 1. The molecule has 0 unspecified atom stereocenters. The van der Waals surface area contributed by atoms with Gasteiger partial charge in [-0.25, -0.2) is 0 Å². The Morgan fingerprint density at radius 1 is 1.05 bits per heavy atom. The lowest BCUT2D eigenvalue weighted by molar-refractivity contribution is 0.174. The highest BCUT2D eigenvalue weighted by atomic mass is 16.7. The normalized spacial score (nSPS) is 12.5. The molecule has 0 aromatic heterocycles. The number of hydrogen-bond donors (Lipinski definition) is 2. The van der Waals surface area contributed by atoms with Gasteiger partial charge in [-0.1, -0.05) is 12.1 Å². The second-order valence-corrected chi connectivity index (χ2v) is 4.68. The minimum absolute atomic E-state index is 0.282. The number of para-hydroxylation sites is 1. The lowest BCUT2D eigenvalue weighted by Gasteiger charge is -2.14. The third-order valence-corrected chi connectivity index (χ3v) is 3.28. The molecule has 2 aromatic carbocycles. The monoisotopic (exact) mass is 256 g/mol. The van der Waals surface area contributed by atoms with E-state index in [9.17, 15) is 0 Å². The SMILES string of the molecule is Cc1cc2c(cc1Nc1c(C)cccc1N)OCO2. The second-order valence-electron chi connectivity index (χ2n) is 4.68. The highest BCUT2D eigenvalue weighted by molar-refractivity contribution is 5.78. The highest BCUT2D eigenvalue weighted by Crippen LogP contribution is 2.38. The van der Waals surface area contributed by atoms with E-state index in [0.29, 0.717) is 0 Å². The van der Waals surface area contributed by atoms with E-state index in [1.807, 2.05) is 44.2 Å². The Hall–Kier alpha value is -2.36. The molecule has 2 aromatic rings. The van der Waals surface area contributed by atoms with Gasteiger partial charge in [0.1, 0.15) is 0 Å². The molecule has 3 N–H and O–H groups in total. The summed E-state index contributed by atoms with van der Waals surface area (Å²) in [6.45, 7) is 4.34. The number of rotatable bonds is 2. The van der Waals surface area contributed by atoms with Gasteiger partial charge in [0.2, 0.25) is 6.79 Å². The van der Waals surface area contributed by atoms with E-state index in [4.69, 9.17) is 15.2 Å². The zero-order valence-electron chi connectivity index (χ0n) is 11.0. The third-order valence-electron chi connectivity index (χ3n) is 3.28. The van der Waals surface area contributed by atoms with Gasteiger partial charge in [0.25, 0.3) is 0 Å². The summed E-state index contributed by atoms with van der Waals surface area (Å²) in [7, 11) is 0. The Morgan fingerprint density at radius 3 is 2.53 bits per heavy atom. The van der Waals surface area contributed by atoms with Gasteiger partial charge in [0.05, 0.1) is 11.4 Å². The van der Waals surface area contributed by atoms with Crippen LogP contribution in [0, 0.1) is 13.8 Å². The van der Waals surface area contributed by atoms with Gasteiger partial charge in [-0.3, -0.25) is 0 Å². The van der Waals surface area contributed by atoms with Crippen molar-refractivity contribution in [3.63, 3.8) is 0 Å². The molecule has 4 heteroatoms. The molecule has 0 atom stereocenters. The molecule has 3 rings (SSSR count). The Kier molecular flexibility index (Phi) is 2.71. The van der Waals surface area contributed by atoms with E-state index in [-0.39, 0.29) is 6.79 Å². The van der Waals surface area contributed by atoms with Crippen LogP contribution in [-0.2, 0) is 0 Å². The minimum atomic E-state index is 0.282. The fourth-order valence-corrected chi connectivity index (χ4v) is 2.17. The smallest absolute Gasteiger partial charge is 0.231 e. The summed E-state index contributed by atoms with van der Waals surface area (Å²) >= 11 is 0. The van der Waals surface area contributed by atoms with Crippen molar-refractivity contribution in [1.29, 1.82) is 0 Å². The van der Waals surface area contributed by atoms with E-state index in [1.165, 1.54) is 0 Å². The topological polar surface area (TPSA) is 56.5 Å². The molecule has 98 valence electrons. The maximum absolute atomic E-state index is 6.01. The van der Waals surface area contributed by atoms with E-state index in [2.05, 4.69) is 5.32 Å². The zero-order valence-corrected chi connectivity index (χ0v) is 11.0. The summed E-state index contributed by atoms with van der Waals surface area (Å²) < 4.78 is 10.8. The van der Waals surface area contributed by atoms with Crippen LogP contribution in [0.2, 0.25) is 0 Å². The summed E-state index contributed by atoms with van der Waals surface area (Å²) in [6.07, 6.45) is 0. The summed E-state index contributed by atoms with van der Waals surface area (Å²) in [5.41, 5.74) is 10.9. The summed E-state index contributed by atoms with van der Waals surface area (Å²) in [5, 5.41) is 3.38. The van der Waals surface area contributed by atoms with Crippen molar-refractivity contribution in [2.75, 3.05) is 17.8 Å². The van der Waals surface area contributed by atoms with Crippen molar-refractivity contribution in [1.82, 2.24) is 0 Å². The van der Waals surface area contributed by atoms with Gasteiger partial charge in [0, 0.05) is 11.8 Å². The van der Waals surface area contributed by atoms with Crippen LogP contribution >= 0.6 is 0 Å². The van der Waals surface area contributed by atoms with Crippen LogP contribution < -0.4 is 20.5 Å². The lowest BCUT2D eigenvalue weighted by Crippen LogP contribution is -2.00. The highest BCUT2D eigenvalue weighted by Gasteiger charge is 2.16. The summed E-state index contributed by atoms with van der Waals surface area (Å²) in [5.74, 6) is 1.56. The molecule has 0 spiro atoms. The van der Waals surface area contributed by atoms with Crippen molar-refractivity contribution in [2.45, 2.75) is 13.8 Å². The molecular formula is C15H16N2O2. The number of nitrogens with two attached hydrogens (primary N) is 1. The molecular weight excluding hydrogens is 240 g/mol. The quantitative estimate of drug-likeness (QED) is 0.809. The molecule has 1 aliphatic heterocycles. The van der Waals surface area contributed by atoms with Gasteiger partial charge in [-0.15, -0.1) is 0 Å². The van der Waals surface area contributed by atoms with Gasteiger partial charge in [-0.2, -0.15) is 0 Å². The molecule has 0 radical (unpaired) electrons. The molecule has 0 fully saturated rings. The molecule has 0 aliphatic carbocycles. The summed E-state index contributed by atoms with van der Waals surface area (Å²) in [4.78, 5) is 0. The molecule has 0 bridgehead atoms.